The maximum Gasteiger partial charge on any atom is 0.213 e. The van der Waals surface area contributed by atoms with E-state index in [9.17, 15) is 0 Å². The average molecular weight is 196 g/mol. The predicted molar refractivity (Wildman–Crippen MR) is 53.0 cm³/mol. The second-order valence-corrected chi connectivity index (χ2v) is 3.74. The van der Waals surface area contributed by atoms with Crippen molar-refractivity contribution in [2.24, 2.45) is 0 Å². The zero-order chi connectivity index (χ0) is 9.42. The van der Waals surface area contributed by atoms with E-state index in [-0.39, 0.29) is 5.38 Å². The highest BCUT2D eigenvalue weighted by molar-refractivity contribution is 6.20. The van der Waals surface area contributed by atoms with E-state index in [0.717, 1.165) is 16.7 Å². The highest BCUT2D eigenvalue weighted by atomic mass is 35.5. The van der Waals surface area contributed by atoms with Crippen LogP contribution in [0.1, 0.15) is 23.8 Å². The van der Waals surface area contributed by atoms with Crippen molar-refractivity contribution < 1.29 is 4.42 Å². The topological polar surface area (TPSA) is 26.0 Å². The van der Waals surface area contributed by atoms with Gasteiger partial charge in [0.15, 0.2) is 5.58 Å². The molecule has 1 unspecified atom stereocenters. The lowest BCUT2D eigenvalue weighted by Crippen LogP contribution is -1.82. The molecule has 0 N–H and O–H groups in total. The van der Waals surface area contributed by atoms with Gasteiger partial charge in [-0.15, -0.1) is 11.6 Å². The Labute approximate surface area is 81.5 Å². The predicted octanol–water partition coefficient (Wildman–Crippen LogP) is 3.44. The Hall–Kier alpha value is -1.02. The number of aryl methyl sites for hydroxylation is 1. The van der Waals surface area contributed by atoms with Gasteiger partial charge in [0.2, 0.25) is 5.89 Å². The van der Waals surface area contributed by atoms with Crippen LogP contribution in [0.25, 0.3) is 11.1 Å². The molecule has 1 heterocycles. The average Bonchev–Trinajstić information content (AvgIpc) is 2.49. The third-order valence-corrected chi connectivity index (χ3v) is 2.16. The number of rotatable bonds is 1. The molecule has 0 aliphatic heterocycles. The van der Waals surface area contributed by atoms with Crippen LogP contribution in [-0.2, 0) is 0 Å². The first-order chi connectivity index (χ1) is 6.18. The molecular formula is C10H10ClNO. The third-order valence-electron chi connectivity index (χ3n) is 1.98. The highest BCUT2D eigenvalue weighted by Gasteiger charge is 2.11. The Morgan fingerprint density at radius 3 is 2.85 bits per heavy atom. The Kier molecular flexibility index (Phi) is 2.00. The second-order valence-electron chi connectivity index (χ2n) is 3.09. The molecule has 0 bridgehead atoms. The molecular weight excluding hydrogens is 186 g/mol. The quantitative estimate of drug-likeness (QED) is 0.652. The van der Waals surface area contributed by atoms with Crippen LogP contribution in [-0.4, -0.2) is 4.98 Å². The summed E-state index contributed by atoms with van der Waals surface area (Å²) >= 11 is 5.87. The van der Waals surface area contributed by atoms with E-state index in [1.165, 1.54) is 0 Å². The number of aromatic nitrogens is 1. The van der Waals surface area contributed by atoms with Gasteiger partial charge in [-0.25, -0.2) is 4.98 Å². The highest BCUT2D eigenvalue weighted by Crippen LogP contribution is 2.25. The fourth-order valence-electron chi connectivity index (χ4n) is 1.27. The van der Waals surface area contributed by atoms with Crippen LogP contribution < -0.4 is 0 Å². The molecule has 1 atom stereocenters. The number of hydrogen-bond acceptors (Lipinski definition) is 2. The van der Waals surface area contributed by atoms with Gasteiger partial charge in [-0.05, 0) is 25.5 Å². The molecule has 0 amide bonds. The van der Waals surface area contributed by atoms with E-state index >= 15 is 0 Å². The molecule has 1 aromatic carbocycles. The van der Waals surface area contributed by atoms with Gasteiger partial charge in [-0.1, -0.05) is 12.1 Å². The van der Waals surface area contributed by atoms with E-state index in [4.69, 9.17) is 16.0 Å². The van der Waals surface area contributed by atoms with Crippen LogP contribution in [0.2, 0.25) is 0 Å². The second kappa shape index (κ2) is 3.04. The molecule has 0 aliphatic carbocycles. The summed E-state index contributed by atoms with van der Waals surface area (Å²) in [6.45, 7) is 3.86. The maximum absolute atomic E-state index is 5.87. The van der Waals surface area contributed by atoms with Gasteiger partial charge >= 0.3 is 0 Å². The van der Waals surface area contributed by atoms with Gasteiger partial charge in [0.05, 0.1) is 0 Å². The molecule has 0 radical (unpaired) electrons. The molecule has 0 saturated heterocycles. The van der Waals surface area contributed by atoms with Crippen molar-refractivity contribution in [2.45, 2.75) is 19.2 Å². The first-order valence-electron chi connectivity index (χ1n) is 4.18. The third kappa shape index (κ3) is 1.42. The van der Waals surface area contributed by atoms with Crippen LogP contribution in [0.5, 0.6) is 0 Å². The standard InChI is InChI=1S/C10H10ClNO/c1-6-4-3-5-8-9(6)12-10(13-8)7(2)11/h3-5,7H,1-2H3. The maximum atomic E-state index is 5.87. The zero-order valence-corrected chi connectivity index (χ0v) is 8.30. The summed E-state index contributed by atoms with van der Waals surface area (Å²) in [5.41, 5.74) is 2.83. The molecule has 1 aromatic heterocycles. The summed E-state index contributed by atoms with van der Waals surface area (Å²) in [7, 11) is 0. The summed E-state index contributed by atoms with van der Waals surface area (Å²) in [5.74, 6) is 0.589. The van der Waals surface area contributed by atoms with Gasteiger partial charge < -0.3 is 4.42 Å². The number of hydrogen-bond donors (Lipinski definition) is 0. The van der Waals surface area contributed by atoms with Gasteiger partial charge in [0.1, 0.15) is 10.9 Å². The van der Waals surface area contributed by atoms with E-state index in [2.05, 4.69) is 4.98 Å². The normalized spacial score (nSPS) is 13.5. The minimum Gasteiger partial charge on any atom is -0.439 e. The van der Waals surface area contributed by atoms with Crippen molar-refractivity contribution in [3.63, 3.8) is 0 Å². The van der Waals surface area contributed by atoms with Gasteiger partial charge in [0.25, 0.3) is 0 Å². The van der Waals surface area contributed by atoms with Crippen LogP contribution in [0.3, 0.4) is 0 Å². The van der Waals surface area contributed by atoms with Crippen molar-refractivity contribution in [3.05, 3.63) is 29.7 Å². The Morgan fingerprint density at radius 2 is 2.23 bits per heavy atom. The van der Waals surface area contributed by atoms with Crippen molar-refractivity contribution >= 4 is 22.7 Å². The molecule has 2 rings (SSSR count). The van der Waals surface area contributed by atoms with Crippen molar-refractivity contribution in [2.75, 3.05) is 0 Å². The summed E-state index contributed by atoms with van der Waals surface area (Å²) < 4.78 is 5.47. The lowest BCUT2D eigenvalue weighted by atomic mass is 10.2. The van der Waals surface area contributed by atoms with Crippen molar-refractivity contribution in [1.82, 2.24) is 4.98 Å². The summed E-state index contributed by atoms with van der Waals surface area (Å²) in [6.07, 6.45) is 0. The first-order valence-corrected chi connectivity index (χ1v) is 4.62. The number of fused-ring (bicyclic) bond motifs is 1. The Balaban J connectivity index is 2.68. The monoisotopic (exact) mass is 195 g/mol. The molecule has 0 spiro atoms. The zero-order valence-electron chi connectivity index (χ0n) is 7.54. The summed E-state index contributed by atoms with van der Waals surface area (Å²) in [5, 5.41) is -0.174. The minimum atomic E-state index is -0.174. The van der Waals surface area contributed by atoms with Crippen LogP contribution in [0.4, 0.5) is 0 Å². The minimum absolute atomic E-state index is 0.174. The van der Waals surface area contributed by atoms with Gasteiger partial charge in [0, 0.05) is 0 Å². The van der Waals surface area contributed by atoms with Crippen LogP contribution in [0.15, 0.2) is 22.6 Å². The Bertz CT molecular complexity index is 433. The summed E-state index contributed by atoms with van der Waals surface area (Å²) in [4.78, 5) is 4.31. The van der Waals surface area contributed by atoms with Crippen molar-refractivity contribution in [3.8, 4) is 0 Å². The summed E-state index contributed by atoms with van der Waals surface area (Å²) in [6, 6.07) is 5.86. The molecule has 0 fully saturated rings. The van der Waals surface area contributed by atoms with E-state index < -0.39 is 0 Å². The molecule has 68 valence electrons. The van der Waals surface area contributed by atoms with Crippen molar-refractivity contribution in [1.29, 1.82) is 0 Å². The fourth-order valence-corrected chi connectivity index (χ4v) is 1.37. The molecule has 3 heteroatoms. The lowest BCUT2D eigenvalue weighted by molar-refractivity contribution is 0.531. The molecule has 13 heavy (non-hydrogen) atoms. The number of oxazole rings is 1. The lowest BCUT2D eigenvalue weighted by Gasteiger charge is -1.91. The fraction of sp³-hybridized carbons (Fsp3) is 0.300. The number of nitrogens with zero attached hydrogens (tertiary/aromatic N) is 1. The molecule has 0 aliphatic rings. The number of para-hydroxylation sites is 1. The van der Waals surface area contributed by atoms with Crippen LogP contribution in [0, 0.1) is 6.92 Å². The first kappa shape index (κ1) is 8.57. The smallest absolute Gasteiger partial charge is 0.213 e. The number of halogens is 1. The largest absolute Gasteiger partial charge is 0.439 e. The molecule has 2 aromatic rings. The van der Waals surface area contributed by atoms with Gasteiger partial charge in [-0.3, -0.25) is 0 Å². The van der Waals surface area contributed by atoms with E-state index in [1.807, 2.05) is 32.0 Å². The Morgan fingerprint density at radius 1 is 1.46 bits per heavy atom. The van der Waals surface area contributed by atoms with Gasteiger partial charge in [-0.2, -0.15) is 0 Å². The number of benzene rings is 1. The van der Waals surface area contributed by atoms with Crippen LogP contribution >= 0.6 is 11.6 Å². The molecule has 2 nitrogen and oxygen atoms in total. The van der Waals surface area contributed by atoms with E-state index in [1.54, 1.807) is 0 Å². The number of alkyl halides is 1. The van der Waals surface area contributed by atoms with E-state index in [0.29, 0.717) is 5.89 Å². The molecule has 0 saturated carbocycles. The SMILES string of the molecule is Cc1cccc2oc(C(C)Cl)nc12.